The van der Waals surface area contributed by atoms with Crippen LogP contribution in [0.25, 0.3) is 0 Å². The summed E-state index contributed by atoms with van der Waals surface area (Å²) < 4.78 is 4.98. The smallest absolute Gasteiger partial charge is 0.312 e. The van der Waals surface area contributed by atoms with Crippen LogP contribution in [0.2, 0.25) is 0 Å². The van der Waals surface area contributed by atoms with Crippen molar-refractivity contribution in [2.45, 2.75) is 12.3 Å². The van der Waals surface area contributed by atoms with Gasteiger partial charge in [-0.15, -0.1) is 5.10 Å². The minimum Gasteiger partial charge on any atom is -0.408 e. The minimum atomic E-state index is -0.0118. The Balaban J connectivity index is 2.15. The number of carbonyl (C=O) groups excluding carboxylic acids is 1. The van der Waals surface area contributed by atoms with Gasteiger partial charge < -0.3 is 15.5 Å². The number of hydrogen-bond acceptors (Lipinski definition) is 5. The van der Waals surface area contributed by atoms with Gasteiger partial charge in [0.1, 0.15) is 0 Å². The van der Waals surface area contributed by atoms with E-state index in [9.17, 15) is 4.79 Å². The van der Waals surface area contributed by atoms with Crippen LogP contribution in [0.3, 0.4) is 0 Å². The molecule has 6 nitrogen and oxygen atoms in total. The Labute approximate surface area is 68.1 Å². The van der Waals surface area contributed by atoms with E-state index in [4.69, 9.17) is 10.2 Å². The Kier molecular flexibility index (Phi) is 1.46. The Morgan fingerprint density at radius 3 is 2.92 bits per heavy atom. The van der Waals surface area contributed by atoms with Crippen LogP contribution in [0.5, 0.6) is 0 Å². The molecule has 0 radical (unpaired) electrons. The van der Waals surface area contributed by atoms with Crippen molar-refractivity contribution < 1.29 is 9.21 Å². The molecule has 1 saturated heterocycles. The van der Waals surface area contributed by atoms with Crippen molar-refractivity contribution in [3.8, 4) is 0 Å². The summed E-state index contributed by atoms with van der Waals surface area (Å²) >= 11 is 0. The van der Waals surface area contributed by atoms with Crippen LogP contribution >= 0.6 is 0 Å². The fraction of sp³-hybridized carbons (Fsp3) is 0.500. The lowest BCUT2D eigenvalue weighted by Gasteiger charge is -1.97. The second-order valence-electron chi connectivity index (χ2n) is 2.68. The Hall–Kier alpha value is -1.59. The summed E-state index contributed by atoms with van der Waals surface area (Å²) in [7, 11) is 0. The maximum atomic E-state index is 10.8. The van der Waals surface area contributed by atoms with Gasteiger partial charge in [-0.3, -0.25) is 4.79 Å². The topological polar surface area (TPSA) is 94.0 Å². The van der Waals surface area contributed by atoms with Gasteiger partial charge in [0.05, 0.1) is 5.92 Å². The molecule has 12 heavy (non-hydrogen) atoms. The molecule has 1 aromatic heterocycles. The van der Waals surface area contributed by atoms with Crippen molar-refractivity contribution in [3.05, 3.63) is 5.89 Å². The molecule has 2 rings (SSSR count). The number of nitrogens with zero attached hydrogens (tertiary/aromatic N) is 2. The molecule has 0 unspecified atom stereocenters. The Bertz CT molecular complexity index is 308. The highest BCUT2D eigenvalue weighted by Gasteiger charge is 2.27. The zero-order chi connectivity index (χ0) is 8.55. The highest BCUT2D eigenvalue weighted by Crippen LogP contribution is 2.21. The maximum absolute atomic E-state index is 10.8. The maximum Gasteiger partial charge on any atom is 0.312 e. The molecule has 0 aromatic carbocycles. The first-order valence-corrected chi connectivity index (χ1v) is 3.61. The average molecular weight is 168 g/mol. The minimum absolute atomic E-state index is 0.0109. The Morgan fingerprint density at radius 1 is 1.58 bits per heavy atom. The van der Waals surface area contributed by atoms with Gasteiger partial charge >= 0.3 is 6.01 Å². The molecule has 0 spiro atoms. The van der Waals surface area contributed by atoms with Gasteiger partial charge in [0, 0.05) is 13.0 Å². The van der Waals surface area contributed by atoms with E-state index in [2.05, 4.69) is 15.5 Å². The highest BCUT2D eigenvalue weighted by molar-refractivity contribution is 5.79. The van der Waals surface area contributed by atoms with E-state index in [-0.39, 0.29) is 17.8 Å². The van der Waals surface area contributed by atoms with Crippen molar-refractivity contribution in [2.75, 3.05) is 12.3 Å². The summed E-state index contributed by atoms with van der Waals surface area (Å²) in [6, 6.07) is 0.0457. The fourth-order valence-electron chi connectivity index (χ4n) is 1.19. The third-order valence-electron chi connectivity index (χ3n) is 1.78. The standard InChI is InChI=1S/C6H8N4O2/c7-6-10-9-5(12-6)3-1-4(11)8-2-3/h3H,1-2H2,(H2,7,10)(H,8,11)/t3-/m1/s1. The van der Waals surface area contributed by atoms with Gasteiger partial charge in [-0.05, 0) is 0 Å². The first-order chi connectivity index (χ1) is 5.75. The molecule has 3 N–H and O–H groups in total. The lowest BCUT2D eigenvalue weighted by Crippen LogP contribution is -2.13. The molecule has 0 saturated carbocycles. The number of nitrogens with two attached hydrogens (primary N) is 1. The number of nitrogen functional groups attached to an aromatic ring is 1. The number of anilines is 1. The zero-order valence-electron chi connectivity index (χ0n) is 6.28. The lowest BCUT2D eigenvalue weighted by atomic mass is 10.1. The number of nitrogens with one attached hydrogen (secondary N) is 1. The van der Waals surface area contributed by atoms with Crippen LogP contribution in [0.15, 0.2) is 4.42 Å². The number of amides is 1. The van der Waals surface area contributed by atoms with Crippen LogP contribution in [-0.4, -0.2) is 22.6 Å². The molecule has 0 bridgehead atoms. The molecule has 1 aromatic rings. The summed E-state index contributed by atoms with van der Waals surface area (Å²) in [5.41, 5.74) is 5.24. The van der Waals surface area contributed by atoms with E-state index in [1.165, 1.54) is 0 Å². The first kappa shape index (κ1) is 7.08. The van der Waals surface area contributed by atoms with E-state index in [0.717, 1.165) is 0 Å². The van der Waals surface area contributed by atoms with Gasteiger partial charge in [0.2, 0.25) is 11.8 Å². The van der Waals surface area contributed by atoms with Crippen molar-refractivity contribution in [3.63, 3.8) is 0 Å². The van der Waals surface area contributed by atoms with E-state index in [1.807, 2.05) is 0 Å². The number of aromatic nitrogens is 2. The SMILES string of the molecule is Nc1nnc([C@H]2CNC(=O)C2)o1. The zero-order valence-corrected chi connectivity index (χ0v) is 6.28. The van der Waals surface area contributed by atoms with Crippen molar-refractivity contribution in [2.24, 2.45) is 0 Å². The molecule has 1 aliphatic rings. The molecule has 6 heteroatoms. The monoisotopic (exact) mass is 168 g/mol. The van der Waals surface area contributed by atoms with Gasteiger partial charge in [-0.1, -0.05) is 5.10 Å². The summed E-state index contributed by atoms with van der Waals surface area (Å²) in [5, 5.41) is 9.88. The van der Waals surface area contributed by atoms with Gasteiger partial charge in [0.15, 0.2) is 0 Å². The Morgan fingerprint density at radius 2 is 2.42 bits per heavy atom. The lowest BCUT2D eigenvalue weighted by molar-refractivity contribution is -0.119. The van der Waals surface area contributed by atoms with E-state index in [1.54, 1.807) is 0 Å². The first-order valence-electron chi connectivity index (χ1n) is 3.61. The summed E-state index contributed by atoms with van der Waals surface area (Å²) in [6.45, 7) is 0.556. The van der Waals surface area contributed by atoms with Crippen LogP contribution in [0, 0.1) is 0 Å². The van der Waals surface area contributed by atoms with Crippen LogP contribution in [-0.2, 0) is 4.79 Å². The van der Waals surface area contributed by atoms with Crippen molar-refractivity contribution >= 4 is 11.9 Å². The second kappa shape index (κ2) is 2.47. The van der Waals surface area contributed by atoms with Crippen LogP contribution in [0.4, 0.5) is 6.01 Å². The van der Waals surface area contributed by atoms with Crippen LogP contribution < -0.4 is 11.1 Å². The largest absolute Gasteiger partial charge is 0.408 e. The van der Waals surface area contributed by atoms with Gasteiger partial charge in [0.25, 0.3) is 0 Å². The predicted molar refractivity (Wildman–Crippen MR) is 39.1 cm³/mol. The average Bonchev–Trinajstić information content (AvgIpc) is 2.58. The molecular weight excluding hydrogens is 160 g/mol. The third-order valence-corrected chi connectivity index (χ3v) is 1.78. The second-order valence-corrected chi connectivity index (χ2v) is 2.68. The molecule has 2 heterocycles. The molecule has 1 aliphatic heterocycles. The van der Waals surface area contributed by atoms with Crippen LogP contribution in [0.1, 0.15) is 18.2 Å². The van der Waals surface area contributed by atoms with E-state index >= 15 is 0 Å². The van der Waals surface area contributed by atoms with Gasteiger partial charge in [-0.25, -0.2) is 0 Å². The number of carbonyl (C=O) groups is 1. The highest BCUT2D eigenvalue weighted by atomic mass is 16.4. The quantitative estimate of drug-likeness (QED) is 0.575. The number of hydrogen-bond donors (Lipinski definition) is 2. The van der Waals surface area contributed by atoms with Gasteiger partial charge in [-0.2, -0.15) is 0 Å². The summed E-state index contributed by atoms with van der Waals surface area (Å²) in [4.78, 5) is 10.8. The third kappa shape index (κ3) is 1.11. The van der Waals surface area contributed by atoms with Crippen molar-refractivity contribution in [1.82, 2.24) is 15.5 Å². The summed E-state index contributed by atoms with van der Waals surface area (Å²) in [5.74, 6) is 0.435. The molecule has 1 amide bonds. The molecule has 1 fully saturated rings. The molecule has 0 aliphatic carbocycles. The molecule has 64 valence electrons. The number of rotatable bonds is 1. The van der Waals surface area contributed by atoms with E-state index < -0.39 is 0 Å². The fourth-order valence-corrected chi connectivity index (χ4v) is 1.19. The summed E-state index contributed by atoms with van der Waals surface area (Å²) in [6.07, 6.45) is 0.404. The predicted octanol–water partition coefficient (Wildman–Crippen LogP) is -0.745. The normalized spacial score (nSPS) is 22.7. The van der Waals surface area contributed by atoms with E-state index in [0.29, 0.717) is 18.9 Å². The van der Waals surface area contributed by atoms with Crippen molar-refractivity contribution in [1.29, 1.82) is 0 Å². The molecule has 1 atom stereocenters. The molecular formula is C6H8N4O2.